The predicted octanol–water partition coefficient (Wildman–Crippen LogP) is 4.78. The smallest absolute Gasteiger partial charge is 0.223 e. The number of aromatic nitrogens is 1. The molecule has 2 aliphatic rings. The van der Waals surface area contributed by atoms with Crippen LogP contribution in [0.3, 0.4) is 0 Å². The van der Waals surface area contributed by atoms with Gasteiger partial charge in [0.2, 0.25) is 5.91 Å². The number of rotatable bonds is 6. The molecule has 2 aliphatic carbocycles. The molecule has 4 nitrogen and oxygen atoms in total. The van der Waals surface area contributed by atoms with Gasteiger partial charge in [-0.1, -0.05) is 0 Å². The lowest BCUT2D eigenvalue weighted by atomic mass is 9.69. The van der Waals surface area contributed by atoms with Gasteiger partial charge in [-0.2, -0.15) is 0 Å². The van der Waals surface area contributed by atoms with Crippen LogP contribution < -0.4 is 5.32 Å². The highest BCUT2D eigenvalue weighted by atomic mass is 19.1. The molecule has 2 saturated carbocycles. The van der Waals surface area contributed by atoms with Crippen LogP contribution in [0.2, 0.25) is 0 Å². The third-order valence-corrected chi connectivity index (χ3v) is 6.75. The lowest BCUT2D eigenvalue weighted by molar-refractivity contribution is -0.129. The van der Waals surface area contributed by atoms with E-state index in [1.807, 2.05) is 0 Å². The second kappa shape index (κ2) is 7.41. The van der Waals surface area contributed by atoms with E-state index in [9.17, 15) is 23.1 Å². The van der Waals surface area contributed by atoms with Crippen LogP contribution >= 0.6 is 0 Å². The summed E-state index contributed by atoms with van der Waals surface area (Å²) in [5.41, 5.74) is 2.02. The summed E-state index contributed by atoms with van der Waals surface area (Å²) in [6.07, 6.45) is 3.46. The van der Waals surface area contributed by atoms with Crippen LogP contribution in [-0.2, 0) is 4.79 Å². The minimum atomic E-state index is -0.682. The third-order valence-electron chi connectivity index (χ3n) is 6.75. The van der Waals surface area contributed by atoms with Gasteiger partial charge in [0.15, 0.2) is 0 Å². The van der Waals surface area contributed by atoms with Crippen LogP contribution in [0, 0.1) is 23.4 Å². The Morgan fingerprint density at radius 2 is 1.81 bits per heavy atom. The lowest BCUT2D eigenvalue weighted by Crippen LogP contribution is -2.44. The molecule has 3 N–H and O–H groups in total. The van der Waals surface area contributed by atoms with E-state index in [2.05, 4.69) is 10.3 Å². The zero-order valence-corrected chi connectivity index (χ0v) is 16.9. The summed E-state index contributed by atoms with van der Waals surface area (Å²) in [6, 6.07) is 8.01. The molecule has 0 atom stereocenters. The fourth-order valence-electron chi connectivity index (χ4n) is 4.74. The second-order valence-corrected chi connectivity index (χ2v) is 8.84. The molecule has 31 heavy (non-hydrogen) atoms. The molecule has 0 radical (unpaired) electrons. The van der Waals surface area contributed by atoms with Crippen LogP contribution in [0.15, 0.2) is 36.4 Å². The highest BCUT2D eigenvalue weighted by Gasteiger charge is 2.46. The number of hydrogen-bond donors (Lipinski definition) is 3. The summed E-state index contributed by atoms with van der Waals surface area (Å²) in [6.45, 7) is 0.0427. The first-order chi connectivity index (χ1) is 14.9. The normalized spacial score (nSPS) is 21.7. The van der Waals surface area contributed by atoms with Gasteiger partial charge in [-0.05, 0) is 79.5 Å². The van der Waals surface area contributed by atoms with Gasteiger partial charge in [0.1, 0.15) is 17.5 Å². The molecule has 0 unspecified atom stereocenters. The number of aliphatic hydroxyl groups excluding tert-OH is 1. The van der Waals surface area contributed by atoms with E-state index >= 15 is 0 Å². The highest BCUT2D eigenvalue weighted by Crippen LogP contribution is 2.49. The molecule has 7 heteroatoms. The van der Waals surface area contributed by atoms with Gasteiger partial charge in [-0.3, -0.25) is 4.79 Å². The minimum absolute atomic E-state index is 0.0252. The molecule has 0 bridgehead atoms. The number of aliphatic hydroxyl groups is 1. The largest absolute Gasteiger partial charge is 0.396 e. The van der Waals surface area contributed by atoms with Crippen molar-refractivity contribution >= 4 is 16.8 Å². The number of halogens is 3. The first kappa shape index (κ1) is 20.1. The van der Waals surface area contributed by atoms with Crippen LogP contribution in [-0.4, -0.2) is 28.1 Å². The summed E-state index contributed by atoms with van der Waals surface area (Å²) < 4.78 is 41.9. The number of carbonyl (C=O) groups is 1. The van der Waals surface area contributed by atoms with Crippen LogP contribution in [0.25, 0.3) is 22.2 Å². The van der Waals surface area contributed by atoms with E-state index < -0.39 is 11.6 Å². The number of aromatic amines is 1. The van der Waals surface area contributed by atoms with Crippen molar-refractivity contribution in [3.8, 4) is 11.3 Å². The second-order valence-electron chi connectivity index (χ2n) is 8.84. The Morgan fingerprint density at radius 1 is 1.10 bits per heavy atom. The molecule has 162 valence electrons. The van der Waals surface area contributed by atoms with Crippen molar-refractivity contribution in [1.29, 1.82) is 0 Å². The van der Waals surface area contributed by atoms with Crippen molar-refractivity contribution in [2.24, 2.45) is 5.92 Å². The quantitative estimate of drug-likeness (QED) is 0.529. The van der Waals surface area contributed by atoms with Crippen molar-refractivity contribution < 1.29 is 23.1 Å². The molecule has 2 aromatic carbocycles. The average molecular weight is 428 g/mol. The van der Waals surface area contributed by atoms with Gasteiger partial charge < -0.3 is 15.4 Å². The van der Waals surface area contributed by atoms with E-state index in [0.29, 0.717) is 35.9 Å². The Balaban J connectivity index is 1.45. The number of nitrogens with one attached hydrogen (secondary N) is 2. The molecule has 0 spiro atoms. The van der Waals surface area contributed by atoms with Crippen molar-refractivity contribution in [3.63, 3.8) is 0 Å². The fourth-order valence-corrected chi connectivity index (χ4v) is 4.74. The molecule has 1 heterocycles. The van der Waals surface area contributed by atoms with Gasteiger partial charge in [-0.15, -0.1) is 0 Å². The summed E-state index contributed by atoms with van der Waals surface area (Å²) in [5, 5.41) is 12.7. The van der Waals surface area contributed by atoms with Gasteiger partial charge in [0, 0.05) is 29.5 Å². The van der Waals surface area contributed by atoms with Crippen molar-refractivity contribution in [3.05, 3.63) is 59.4 Å². The Bertz CT molecular complexity index is 1150. The van der Waals surface area contributed by atoms with Crippen LogP contribution in [0.5, 0.6) is 0 Å². The highest BCUT2D eigenvalue weighted by molar-refractivity contribution is 5.92. The zero-order valence-electron chi connectivity index (χ0n) is 16.9. The summed E-state index contributed by atoms with van der Waals surface area (Å²) >= 11 is 0. The Labute approximate surface area is 177 Å². The van der Waals surface area contributed by atoms with E-state index in [-0.39, 0.29) is 41.2 Å². The topological polar surface area (TPSA) is 65.1 Å². The van der Waals surface area contributed by atoms with Crippen molar-refractivity contribution in [2.75, 3.05) is 6.61 Å². The van der Waals surface area contributed by atoms with Gasteiger partial charge >= 0.3 is 0 Å². The van der Waals surface area contributed by atoms with Gasteiger partial charge in [-0.25, -0.2) is 13.2 Å². The number of fused-ring (bicyclic) bond motifs is 1. The fraction of sp³-hybridized carbons (Fsp3) is 0.375. The van der Waals surface area contributed by atoms with Crippen LogP contribution in [0.4, 0.5) is 13.2 Å². The molecule has 1 aromatic heterocycles. The molecule has 0 aliphatic heterocycles. The van der Waals surface area contributed by atoms with Gasteiger partial charge in [0.05, 0.1) is 11.2 Å². The summed E-state index contributed by atoms with van der Waals surface area (Å²) in [5.74, 6) is -1.97. The number of amides is 1. The van der Waals surface area contributed by atoms with E-state index in [1.54, 1.807) is 12.1 Å². The maximum absolute atomic E-state index is 14.5. The predicted molar refractivity (Wildman–Crippen MR) is 111 cm³/mol. The molecule has 0 saturated heterocycles. The zero-order chi connectivity index (χ0) is 21.8. The molecule has 1 amide bonds. The summed E-state index contributed by atoms with van der Waals surface area (Å²) in [7, 11) is 0. The van der Waals surface area contributed by atoms with E-state index in [4.69, 9.17) is 0 Å². The maximum Gasteiger partial charge on any atom is 0.223 e. The van der Waals surface area contributed by atoms with E-state index in [0.717, 1.165) is 24.5 Å². The number of carbonyl (C=O) groups excluding carboxylic acids is 1. The van der Waals surface area contributed by atoms with Crippen LogP contribution in [0.1, 0.15) is 43.6 Å². The molecular formula is C24H23F3N2O2. The molecule has 2 fully saturated rings. The molecule has 5 rings (SSSR count). The maximum atomic E-state index is 14.5. The first-order valence-electron chi connectivity index (χ1n) is 10.6. The first-order valence-corrected chi connectivity index (χ1v) is 10.6. The number of benzene rings is 2. The third kappa shape index (κ3) is 3.61. The van der Waals surface area contributed by atoms with Gasteiger partial charge in [0.25, 0.3) is 0 Å². The minimum Gasteiger partial charge on any atom is -0.396 e. The standard InChI is InChI=1S/C24H23F3N2O2/c25-16-3-1-13(2-4-16)21-20(18-11-17(26)12-19(27)22(18)28-21)14-9-15(10-14)23(31)29-24(5-6-24)7-8-30/h1-4,11-12,14-15,28,30H,5-10H2,(H,29,31). The number of hydrogen-bond acceptors (Lipinski definition) is 2. The Kier molecular flexibility index (Phi) is 4.81. The lowest BCUT2D eigenvalue weighted by Gasteiger charge is -2.36. The number of H-pyrrole nitrogens is 1. The molecular weight excluding hydrogens is 405 g/mol. The van der Waals surface area contributed by atoms with Crippen molar-refractivity contribution in [2.45, 2.75) is 43.6 Å². The summed E-state index contributed by atoms with van der Waals surface area (Å²) in [4.78, 5) is 15.7. The Morgan fingerprint density at radius 3 is 2.45 bits per heavy atom. The Hall–Kier alpha value is -2.80. The average Bonchev–Trinajstić information content (AvgIpc) is 3.33. The SMILES string of the molecule is O=C(NC1(CCO)CC1)C1CC(c2c(-c3ccc(F)cc3)[nH]c3c(F)cc(F)cc23)C1. The molecule has 3 aromatic rings. The van der Waals surface area contributed by atoms with Crippen molar-refractivity contribution in [1.82, 2.24) is 10.3 Å². The van der Waals surface area contributed by atoms with E-state index in [1.165, 1.54) is 18.2 Å². The monoisotopic (exact) mass is 428 g/mol.